The third-order valence-corrected chi connectivity index (χ3v) is 4.77. The summed E-state index contributed by atoms with van der Waals surface area (Å²) in [6, 6.07) is 10.5. The SMILES string of the molecule is COc1ccc(CCN(C)C(=O)Cn2c(=O)oc3cc(Cl)ccc32)cc1OC. The topological polar surface area (TPSA) is 73.9 Å². The van der Waals surface area contributed by atoms with E-state index < -0.39 is 5.76 Å². The molecule has 7 nitrogen and oxygen atoms in total. The van der Waals surface area contributed by atoms with E-state index in [0.29, 0.717) is 40.6 Å². The number of likely N-dealkylation sites (N-methyl/N-ethyl adjacent to an activating group) is 1. The van der Waals surface area contributed by atoms with Crippen LogP contribution < -0.4 is 15.2 Å². The Morgan fingerprint density at radius 2 is 1.89 bits per heavy atom. The van der Waals surface area contributed by atoms with Crippen LogP contribution in [0.4, 0.5) is 0 Å². The van der Waals surface area contributed by atoms with Crippen molar-refractivity contribution in [3.05, 3.63) is 57.5 Å². The van der Waals surface area contributed by atoms with Crippen LogP contribution in [0.1, 0.15) is 5.56 Å². The quantitative estimate of drug-likeness (QED) is 0.605. The van der Waals surface area contributed by atoms with Crippen LogP contribution in [0.15, 0.2) is 45.6 Å². The molecule has 0 spiro atoms. The van der Waals surface area contributed by atoms with Crippen molar-refractivity contribution >= 4 is 28.6 Å². The molecule has 2 aromatic carbocycles. The minimum atomic E-state index is -0.584. The van der Waals surface area contributed by atoms with E-state index in [1.54, 1.807) is 44.4 Å². The van der Waals surface area contributed by atoms with E-state index >= 15 is 0 Å². The maximum absolute atomic E-state index is 12.6. The molecule has 0 atom stereocenters. The lowest BCUT2D eigenvalue weighted by Crippen LogP contribution is -2.34. The Morgan fingerprint density at radius 1 is 1.14 bits per heavy atom. The lowest BCUT2D eigenvalue weighted by Gasteiger charge is -2.18. The Morgan fingerprint density at radius 3 is 2.61 bits per heavy atom. The van der Waals surface area contributed by atoms with Crippen molar-refractivity contribution in [2.24, 2.45) is 0 Å². The maximum Gasteiger partial charge on any atom is 0.420 e. The molecule has 8 heteroatoms. The second-order valence-corrected chi connectivity index (χ2v) is 6.76. The molecule has 1 amide bonds. The fourth-order valence-electron chi connectivity index (χ4n) is 2.90. The summed E-state index contributed by atoms with van der Waals surface area (Å²) in [5, 5.41) is 0.465. The number of carbonyl (C=O) groups is 1. The number of aromatic nitrogens is 1. The highest BCUT2D eigenvalue weighted by molar-refractivity contribution is 6.31. The third kappa shape index (κ3) is 4.14. The lowest BCUT2D eigenvalue weighted by molar-refractivity contribution is -0.130. The van der Waals surface area contributed by atoms with Crippen molar-refractivity contribution < 1.29 is 18.7 Å². The summed E-state index contributed by atoms with van der Waals surface area (Å²) in [6.07, 6.45) is 0.638. The molecule has 0 bridgehead atoms. The van der Waals surface area contributed by atoms with Crippen molar-refractivity contribution in [3.63, 3.8) is 0 Å². The molecule has 0 unspecified atom stereocenters. The normalized spacial score (nSPS) is 10.9. The van der Waals surface area contributed by atoms with Gasteiger partial charge in [-0.05, 0) is 36.2 Å². The summed E-state index contributed by atoms with van der Waals surface area (Å²) in [4.78, 5) is 26.2. The molecule has 3 aromatic rings. The Kier molecular flexibility index (Phi) is 5.94. The standard InChI is InChI=1S/C20H21ClN2O5/c1-22(9-8-13-4-7-16(26-2)18(10-13)27-3)19(24)12-23-15-6-5-14(21)11-17(15)28-20(23)25/h4-7,10-11H,8-9,12H2,1-3H3. The first-order chi connectivity index (χ1) is 13.4. The summed E-state index contributed by atoms with van der Waals surface area (Å²) in [6.45, 7) is 0.389. The van der Waals surface area contributed by atoms with E-state index in [1.165, 1.54) is 4.57 Å². The zero-order chi connectivity index (χ0) is 20.3. The van der Waals surface area contributed by atoms with E-state index in [9.17, 15) is 9.59 Å². The second-order valence-electron chi connectivity index (χ2n) is 6.32. The van der Waals surface area contributed by atoms with Crippen LogP contribution in [0, 0.1) is 0 Å². The highest BCUT2D eigenvalue weighted by Crippen LogP contribution is 2.27. The van der Waals surface area contributed by atoms with Crippen LogP contribution in [0.25, 0.3) is 11.1 Å². The van der Waals surface area contributed by atoms with Gasteiger partial charge in [0.15, 0.2) is 17.1 Å². The summed E-state index contributed by atoms with van der Waals surface area (Å²) in [5.41, 5.74) is 1.91. The molecule has 0 N–H and O–H groups in total. The van der Waals surface area contributed by atoms with E-state index in [2.05, 4.69) is 0 Å². The van der Waals surface area contributed by atoms with Gasteiger partial charge >= 0.3 is 5.76 Å². The van der Waals surface area contributed by atoms with Gasteiger partial charge < -0.3 is 18.8 Å². The van der Waals surface area contributed by atoms with Gasteiger partial charge in [-0.2, -0.15) is 0 Å². The van der Waals surface area contributed by atoms with Crippen molar-refractivity contribution in [1.29, 1.82) is 0 Å². The van der Waals surface area contributed by atoms with Crippen LogP contribution in [0.2, 0.25) is 5.02 Å². The first-order valence-electron chi connectivity index (χ1n) is 8.66. The fraction of sp³-hybridized carbons (Fsp3) is 0.300. The molecule has 0 saturated carbocycles. The molecular weight excluding hydrogens is 384 g/mol. The van der Waals surface area contributed by atoms with E-state index in [-0.39, 0.29) is 12.5 Å². The van der Waals surface area contributed by atoms with E-state index in [0.717, 1.165) is 5.56 Å². The zero-order valence-electron chi connectivity index (χ0n) is 15.9. The van der Waals surface area contributed by atoms with E-state index in [4.69, 9.17) is 25.5 Å². The van der Waals surface area contributed by atoms with Gasteiger partial charge in [-0.15, -0.1) is 0 Å². The molecule has 1 aromatic heterocycles. The van der Waals surface area contributed by atoms with Gasteiger partial charge in [0.25, 0.3) is 0 Å². The van der Waals surface area contributed by atoms with Crippen LogP contribution in [0.5, 0.6) is 11.5 Å². The second kappa shape index (κ2) is 8.39. The van der Waals surface area contributed by atoms with Gasteiger partial charge in [0, 0.05) is 24.7 Å². The van der Waals surface area contributed by atoms with Gasteiger partial charge in [-0.3, -0.25) is 9.36 Å². The Hall–Kier alpha value is -2.93. The molecule has 0 aliphatic heterocycles. The Labute approximate surface area is 167 Å². The number of carbonyl (C=O) groups excluding carboxylic acids is 1. The number of rotatable bonds is 7. The number of halogens is 1. The number of amides is 1. The third-order valence-electron chi connectivity index (χ3n) is 4.53. The molecule has 28 heavy (non-hydrogen) atoms. The van der Waals surface area contributed by atoms with Gasteiger partial charge in [0.05, 0.1) is 19.7 Å². The zero-order valence-corrected chi connectivity index (χ0v) is 16.7. The number of nitrogens with zero attached hydrogens (tertiary/aromatic N) is 2. The highest BCUT2D eigenvalue weighted by atomic mass is 35.5. The maximum atomic E-state index is 12.6. The summed E-state index contributed by atoms with van der Waals surface area (Å²) >= 11 is 5.91. The van der Waals surface area contributed by atoms with Crippen LogP contribution >= 0.6 is 11.6 Å². The Balaban J connectivity index is 1.67. The molecule has 0 aliphatic carbocycles. The number of oxazole rings is 1. The van der Waals surface area contributed by atoms with Gasteiger partial charge in [-0.1, -0.05) is 17.7 Å². The Bertz CT molecular complexity index is 1060. The van der Waals surface area contributed by atoms with Gasteiger partial charge in [0.1, 0.15) is 6.54 Å². The number of hydrogen-bond donors (Lipinski definition) is 0. The monoisotopic (exact) mass is 404 g/mol. The average Bonchev–Trinajstić information content (AvgIpc) is 2.99. The predicted octanol–water partition coefficient (Wildman–Crippen LogP) is 2.97. The number of fused-ring (bicyclic) bond motifs is 1. The summed E-state index contributed by atoms with van der Waals surface area (Å²) in [7, 11) is 4.87. The smallest absolute Gasteiger partial charge is 0.420 e. The van der Waals surface area contributed by atoms with Crippen LogP contribution in [0.3, 0.4) is 0 Å². The number of ether oxygens (including phenoxy) is 2. The van der Waals surface area contributed by atoms with Gasteiger partial charge in [0.2, 0.25) is 5.91 Å². The van der Waals surface area contributed by atoms with Crippen LogP contribution in [-0.2, 0) is 17.8 Å². The minimum Gasteiger partial charge on any atom is -0.493 e. The first kappa shape index (κ1) is 19.8. The molecule has 0 aliphatic rings. The van der Waals surface area contributed by atoms with Crippen LogP contribution in [-0.4, -0.2) is 43.2 Å². The first-order valence-corrected chi connectivity index (χ1v) is 9.04. The molecule has 0 radical (unpaired) electrons. The molecule has 1 heterocycles. The molecule has 0 saturated heterocycles. The van der Waals surface area contributed by atoms with Crippen molar-refractivity contribution in [1.82, 2.24) is 9.47 Å². The number of benzene rings is 2. The fourth-order valence-corrected chi connectivity index (χ4v) is 3.07. The van der Waals surface area contributed by atoms with Gasteiger partial charge in [-0.25, -0.2) is 4.79 Å². The lowest BCUT2D eigenvalue weighted by atomic mass is 10.1. The molecule has 3 rings (SSSR count). The van der Waals surface area contributed by atoms with E-state index in [1.807, 2.05) is 18.2 Å². The minimum absolute atomic E-state index is 0.101. The predicted molar refractivity (Wildman–Crippen MR) is 106 cm³/mol. The summed E-state index contributed by atoms with van der Waals surface area (Å²) < 4.78 is 17.0. The van der Waals surface area contributed by atoms with Crippen molar-refractivity contribution in [2.75, 3.05) is 27.8 Å². The number of hydrogen-bond acceptors (Lipinski definition) is 5. The molecule has 0 fully saturated rings. The molecule has 148 valence electrons. The number of methoxy groups -OCH3 is 2. The van der Waals surface area contributed by atoms with Crippen molar-refractivity contribution in [3.8, 4) is 11.5 Å². The summed E-state index contributed by atoms with van der Waals surface area (Å²) in [5.74, 6) is 0.519. The largest absolute Gasteiger partial charge is 0.493 e. The molecular formula is C20H21ClN2O5. The van der Waals surface area contributed by atoms with Crippen molar-refractivity contribution in [2.45, 2.75) is 13.0 Å². The average molecular weight is 405 g/mol. The highest BCUT2D eigenvalue weighted by Gasteiger charge is 2.16.